The lowest BCUT2D eigenvalue weighted by Crippen LogP contribution is -2.25. The van der Waals surface area contributed by atoms with Crippen LogP contribution in [0.2, 0.25) is 0 Å². The molecule has 0 unspecified atom stereocenters. The van der Waals surface area contributed by atoms with Gasteiger partial charge in [0.2, 0.25) is 0 Å². The van der Waals surface area contributed by atoms with Crippen LogP contribution in [0.25, 0.3) is 0 Å². The molecule has 2 rings (SSSR count). The summed E-state index contributed by atoms with van der Waals surface area (Å²) in [6, 6.07) is 4.65. The summed E-state index contributed by atoms with van der Waals surface area (Å²) in [5, 5.41) is 14.5. The molecule has 2 nitrogen and oxygen atoms in total. The van der Waals surface area contributed by atoms with Crippen LogP contribution in [0.4, 0.5) is 0 Å². The van der Waals surface area contributed by atoms with Gasteiger partial charge in [-0.05, 0) is 17.9 Å². The summed E-state index contributed by atoms with van der Waals surface area (Å²) >= 11 is 1.78. The van der Waals surface area contributed by atoms with Gasteiger partial charge < -0.3 is 10.4 Å². The Hall–Kier alpha value is -0.640. The van der Waals surface area contributed by atoms with E-state index in [1.54, 1.807) is 11.3 Å². The summed E-state index contributed by atoms with van der Waals surface area (Å²) < 4.78 is 0. The van der Waals surface area contributed by atoms with Crippen molar-refractivity contribution in [1.29, 1.82) is 0 Å². The Balaban J connectivity index is 1.75. The number of nitrogens with one attached hydrogen (secondary N) is 1. The molecule has 1 aromatic rings. The summed E-state index contributed by atoms with van der Waals surface area (Å²) in [4.78, 5) is 1.37. The van der Waals surface area contributed by atoms with Crippen molar-refractivity contribution >= 4 is 11.3 Å². The van der Waals surface area contributed by atoms with Gasteiger partial charge in [0.05, 0.1) is 0 Å². The molecular formula is C11H15NOS. The summed E-state index contributed by atoms with van der Waals surface area (Å²) in [6.45, 7) is 1.21. The van der Waals surface area contributed by atoms with E-state index in [2.05, 4.69) is 35.0 Å². The first-order valence-electron chi connectivity index (χ1n) is 4.93. The third-order valence-corrected chi connectivity index (χ3v) is 3.40. The molecule has 76 valence electrons. The fraction of sp³-hybridized carbons (Fsp3) is 0.455. The van der Waals surface area contributed by atoms with Crippen molar-refractivity contribution in [2.24, 2.45) is 5.92 Å². The van der Waals surface area contributed by atoms with Crippen molar-refractivity contribution < 1.29 is 5.11 Å². The second kappa shape index (κ2) is 4.73. The van der Waals surface area contributed by atoms with Gasteiger partial charge in [-0.15, -0.1) is 11.3 Å². The molecule has 0 saturated carbocycles. The summed E-state index contributed by atoms with van der Waals surface area (Å²) in [6.07, 6.45) is 5.29. The number of thiophene rings is 1. The van der Waals surface area contributed by atoms with Crippen molar-refractivity contribution in [3.05, 3.63) is 34.5 Å². The molecule has 0 bridgehead atoms. The smallest absolute Gasteiger partial charge is 0.0494 e. The maximum atomic E-state index is 8.96. The van der Waals surface area contributed by atoms with Crippen LogP contribution in [0.3, 0.4) is 0 Å². The first-order valence-corrected chi connectivity index (χ1v) is 5.81. The van der Waals surface area contributed by atoms with E-state index in [0.29, 0.717) is 12.0 Å². The van der Waals surface area contributed by atoms with Crippen molar-refractivity contribution in [1.82, 2.24) is 5.32 Å². The lowest BCUT2D eigenvalue weighted by atomic mass is 10.1. The molecule has 0 radical (unpaired) electrons. The van der Waals surface area contributed by atoms with Gasteiger partial charge in [-0.25, -0.2) is 0 Å². The van der Waals surface area contributed by atoms with Crippen LogP contribution >= 0.6 is 11.3 Å². The summed E-state index contributed by atoms with van der Waals surface area (Å²) in [5.41, 5.74) is 0. The molecule has 0 amide bonds. The van der Waals surface area contributed by atoms with Crippen LogP contribution in [0, 0.1) is 5.92 Å². The molecule has 14 heavy (non-hydrogen) atoms. The Kier molecular flexibility index (Phi) is 3.35. The number of hydrogen-bond donors (Lipinski definition) is 2. The van der Waals surface area contributed by atoms with Gasteiger partial charge in [-0.3, -0.25) is 0 Å². The van der Waals surface area contributed by atoms with Gasteiger partial charge in [0.15, 0.2) is 0 Å². The average molecular weight is 209 g/mol. The van der Waals surface area contributed by atoms with Crippen molar-refractivity contribution in [2.75, 3.05) is 6.61 Å². The van der Waals surface area contributed by atoms with Crippen LogP contribution in [0.1, 0.15) is 11.3 Å². The molecule has 0 spiro atoms. The van der Waals surface area contributed by atoms with E-state index in [1.807, 2.05) is 0 Å². The van der Waals surface area contributed by atoms with Crippen LogP contribution < -0.4 is 5.32 Å². The lowest BCUT2D eigenvalue weighted by molar-refractivity contribution is 0.246. The molecule has 1 aliphatic rings. The minimum absolute atomic E-state index is 0.272. The van der Waals surface area contributed by atoms with E-state index in [9.17, 15) is 0 Å². The molecule has 3 heteroatoms. The Bertz CT molecular complexity index is 294. The molecule has 1 aliphatic carbocycles. The summed E-state index contributed by atoms with van der Waals surface area (Å²) in [7, 11) is 0. The Morgan fingerprint density at radius 2 is 2.43 bits per heavy atom. The molecule has 2 atom stereocenters. The van der Waals surface area contributed by atoms with Crippen LogP contribution in [0.5, 0.6) is 0 Å². The number of rotatable bonds is 4. The zero-order chi connectivity index (χ0) is 9.80. The van der Waals surface area contributed by atoms with Gasteiger partial charge in [0.1, 0.15) is 0 Å². The van der Waals surface area contributed by atoms with Crippen molar-refractivity contribution in [3.63, 3.8) is 0 Å². The van der Waals surface area contributed by atoms with Gasteiger partial charge in [0.25, 0.3) is 0 Å². The minimum atomic E-state index is 0.272. The second-order valence-corrected chi connectivity index (χ2v) is 4.66. The highest BCUT2D eigenvalue weighted by atomic mass is 32.1. The maximum absolute atomic E-state index is 8.96. The quantitative estimate of drug-likeness (QED) is 0.741. The van der Waals surface area contributed by atoms with Gasteiger partial charge in [-0.2, -0.15) is 0 Å². The number of hydrogen-bond acceptors (Lipinski definition) is 3. The zero-order valence-electron chi connectivity index (χ0n) is 8.02. The predicted molar refractivity (Wildman–Crippen MR) is 59.3 cm³/mol. The molecule has 0 fully saturated rings. The number of aliphatic hydroxyl groups is 1. The van der Waals surface area contributed by atoms with E-state index in [-0.39, 0.29) is 6.61 Å². The first kappa shape index (κ1) is 9.90. The van der Waals surface area contributed by atoms with Gasteiger partial charge >= 0.3 is 0 Å². The average Bonchev–Trinajstić information content (AvgIpc) is 2.86. The number of aliphatic hydroxyl groups excluding tert-OH is 1. The van der Waals surface area contributed by atoms with E-state index >= 15 is 0 Å². The fourth-order valence-corrected chi connectivity index (χ4v) is 2.36. The second-order valence-electron chi connectivity index (χ2n) is 3.63. The van der Waals surface area contributed by atoms with E-state index < -0.39 is 0 Å². The highest BCUT2D eigenvalue weighted by Crippen LogP contribution is 2.18. The Labute approximate surface area is 88.3 Å². The third kappa shape index (κ3) is 2.44. The maximum Gasteiger partial charge on any atom is 0.0494 e. The largest absolute Gasteiger partial charge is 0.396 e. The molecule has 1 aromatic heterocycles. The third-order valence-electron chi connectivity index (χ3n) is 2.53. The van der Waals surface area contributed by atoms with Gasteiger partial charge in [0, 0.05) is 30.0 Å². The summed E-state index contributed by atoms with van der Waals surface area (Å²) in [5.74, 6) is 0.357. The highest BCUT2D eigenvalue weighted by molar-refractivity contribution is 7.09. The Morgan fingerprint density at radius 3 is 3.07 bits per heavy atom. The highest BCUT2D eigenvalue weighted by Gasteiger charge is 2.17. The van der Waals surface area contributed by atoms with E-state index in [0.717, 1.165) is 13.0 Å². The Morgan fingerprint density at radius 1 is 1.50 bits per heavy atom. The van der Waals surface area contributed by atoms with Crippen LogP contribution in [0.15, 0.2) is 29.7 Å². The monoisotopic (exact) mass is 209 g/mol. The van der Waals surface area contributed by atoms with E-state index in [4.69, 9.17) is 5.11 Å². The van der Waals surface area contributed by atoms with E-state index in [1.165, 1.54) is 4.88 Å². The minimum Gasteiger partial charge on any atom is -0.396 e. The van der Waals surface area contributed by atoms with Gasteiger partial charge in [-0.1, -0.05) is 18.2 Å². The lowest BCUT2D eigenvalue weighted by Gasteiger charge is -2.11. The molecule has 0 saturated heterocycles. The topological polar surface area (TPSA) is 32.3 Å². The standard InChI is InChI=1S/C11H15NOS/c13-8-9-3-4-10(6-9)12-7-11-2-1-5-14-11/h1-5,9-10,12-13H,6-8H2/t9-,10+/m1/s1. The molecule has 1 heterocycles. The predicted octanol–water partition coefficient (Wildman–Crippen LogP) is 1.77. The molecule has 0 aromatic carbocycles. The SMILES string of the molecule is OC[C@@H]1C=C[C@H](NCc2cccs2)C1. The van der Waals surface area contributed by atoms with Crippen molar-refractivity contribution in [3.8, 4) is 0 Å². The molecule has 0 aliphatic heterocycles. The van der Waals surface area contributed by atoms with Crippen molar-refractivity contribution in [2.45, 2.75) is 19.0 Å². The zero-order valence-corrected chi connectivity index (χ0v) is 8.83. The van der Waals surface area contributed by atoms with Crippen LogP contribution in [-0.2, 0) is 6.54 Å². The fourth-order valence-electron chi connectivity index (χ4n) is 1.71. The first-order chi connectivity index (χ1) is 6.88. The molecule has 2 N–H and O–H groups in total. The molecular weight excluding hydrogens is 194 g/mol. The normalized spacial score (nSPS) is 25.8. The van der Waals surface area contributed by atoms with Crippen LogP contribution in [-0.4, -0.2) is 17.8 Å².